The van der Waals surface area contributed by atoms with Gasteiger partial charge in [-0.1, -0.05) is 0 Å². The molecule has 39 heavy (non-hydrogen) atoms. The molecule has 208 valence electrons. The van der Waals surface area contributed by atoms with Crippen molar-refractivity contribution in [1.29, 1.82) is 0 Å². The van der Waals surface area contributed by atoms with Crippen LogP contribution in [0.25, 0.3) is 21.3 Å². The van der Waals surface area contributed by atoms with Crippen LogP contribution in [0.4, 0.5) is 9.18 Å². The molecule has 5 rings (SSSR count). The van der Waals surface area contributed by atoms with E-state index in [-0.39, 0.29) is 35.7 Å². The molecule has 0 aliphatic heterocycles. The first-order chi connectivity index (χ1) is 18.4. The number of ether oxygens (including phenoxy) is 2. The number of fused-ring (bicyclic) bond motifs is 2. The minimum absolute atomic E-state index is 0.0672. The SMILES string of the molecule is CCOC(=O)c1cn(C2CC2)c2c(C)c(-c3cc4c(s3)CCCC4N(C)C(=O)OC(C)(C)C)c(F)cc2c1=O. The molecular weight excluding hydrogens is 519 g/mol. The maximum atomic E-state index is 15.9. The summed E-state index contributed by atoms with van der Waals surface area (Å²) in [5, 5.41) is 0.190. The Morgan fingerprint density at radius 3 is 2.56 bits per heavy atom. The van der Waals surface area contributed by atoms with Crippen LogP contribution < -0.4 is 5.43 Å². The number of carbonyl (C=O) groups excluding carboxylic acids is 2. The minimum atomic E-state index is -0.688. The van der Waals surface area contributed by atoms with Gasteiger partial charge in [0.05, 0.1) is 18.2 Å². The van der Waals surface area contributed by atoms with E-state index in [4.69, 9.17) is 9.47 Å². The summed E-state index contributed by atoms with van der Waals surface area (Å²) in [4.78, 5) is 42.2. The molecule has 2 aliphatic rings. The van der Waals surface area contributed by atoms with Crippen molar-refractivity contribution in [2.24, 2.45) is 0 Å². The lowest BCUT2D eigenvalue weighted by Crippen LogP contribution is -2.37. The lowest BCUT2D eigenvalue weighted by molar-refractivity contribution is 0.0205. The highest BCUT2D eigenvalue weighted by molar-refractivity contribution is 7.15. The quantitative estimate of drug-likeness (QED) is 0.320. The lowest BCUT2D eigenvalue weighted by Gasteiger charge is -2.33. The molecule has 0 radical (unpaired) electrons. The van der Waals surface area contributed by atoms with Crippen LogP contribution in [0.1, 0.15) is 91.8 Å². The van der Waals surface area contributed by atoms with Gasteiger partial charge in [0, 0.05) is 40.0 Å². The van der Waals surface area contributed by atoms with Crippen molar-refractivity contribution in [3.05, 3.63) is 55.9 Å². The van der Waals surface area contributed by atoms with E-state index >= 15 is 4.39 Å². The van der Waals surface area contributed by atoms with Crippen molar-refractivity contribution < 1.29 is 23.5 Å². The predicted molar refractivity (Wildman–Crippen MR) is 150 cm³/mol. The Kier molecular flexibility index (Phi) is 7.07. The second-order valence-electron chi connectivity index (χ2n) is 11.5. The number of rotatable bonds is 5. The summed E-state index contributed by atoms with van der Waals surface area (Å²) in [5.41, 5.74) is 1.61. The fraction of sp³-hybridized carbons (Fsp3) is 0.500. The number of benzene rings is 1. The molecule has 2 heterocycles. The van der Waals surface area contributed by atoms with Gasteiger partial charge in [-0.25, -0.2) is 14.0 Å². The lowest BCUT2D eigenvalue weighted by atomic mass is 9.92. The van der Waals surface area contributed by atoms with Crippen LogP contribution in [0.5, 0.6) is 0 Å². The maximum Gasteiger partial charge on any atom is 0.410 e. The van der Waals surface area contributed by atoms with Gasteiger partial charge in [-0.05, 0) is 90.0 Å². The molecule has 0 saturated heterocycles. The van der Waals surface area contributed by atoms with Gasteiger partial charge < -0.3 is 18.9 Å². The average molecular weight is 555 g/mol. The maximum absolute atomic E-state index is 15.9. The van der Waals surface area contributed by atoms with Gasteiger partial charge in [-0.3, -0.25) is 4.79 Å². The monoisotopic (exact) mass is 554 g/mol. The summed E-state index contributed by atoms with van der Waals surface area (Å²) < 4.78 is 28.5. The van der Waals surface area contributed by atoms with Crippen molar-refractivity contribution in [2.75, 3.05) is 13.7 Å². The van der Waals surface area contributed by atoms with Crippen molar-refractivity contribution in [1.82, 2.24) is 9.47 Å². The van der Waals surface area contributed by atoms with E-state index in [1.54, 1.807) is 25.1 Å². The molecule has 1 aromatic carbocycles. The number of carbonyl (C=O) groups is 2. The number of pyridine rings is 1. The van der Waals surface area contributed by atoms with Crippen molar-refractivity contribution >= 4 is 34.3 Å². The molecule has 1 saturated carbocycles. The van der Waals surface area contributed by atoms with E-state index in [2.05, 4.69) is 0 Å². The smallest absolute Gasteiger partial charge is 0.410 e. The van der Waals surface area contributed by atoms with E-state index in [0.717, 1.165) is 47.4 Å². The molecule has 3 aromatic rings. The Hall–Kier alpha value is -3.20. The molecule has 2 aliphatic carbocycles. The van der Waals surface area contributed by atoms with Crippen LogP contribution in [0.15, 0.2) is 23.1 Å². The molecule has 1 amide bonds. The van der Waals surface area contributed by atoms with Crippen LogP contribution in [-0.2, 0) is 15.9 Å². The molecule has 2 aromatic heterocycles. The number of aromatic nitrogens is 1. The Balaban J connectivity index is 1.62. The predicted octanol–water partition coefficient (Wildman–Crippen LogP) is 6.93. The second-order valence-corrected chi connectivity index (χ2v) is 12.6. The van der Waals surface area contributed by atoms with Gasteiger partial charge in [-0.15, -0.1) is 11.3 Å². The summed E-state index contributed by atoms with van der Waals surface area (Å²) in [6.07, 6.45) is 5.64. The third-order valence-corrected chi connectivity index (χ3v) is 8.65. The number of aryl methyl sites for hydroxylation is 2. The number of thiophene rings is 1. The van der Waals surface area contributed by atoms with Gasteiger partial charge >= 0.3 is 12.1 Å². The highest BCUT2D eigenvalue weighted by Gasteiger charge is 2.33. The Labute approximate surface area is 231 Å². The van der Waals surface area contributed by atoms with Gasteiger partial charge in [-0.2, -0.15) is 0 Å². The summed E-state index contributed by atoms with van der Waals surface area (Å²) in [6.45, 7) is 9.21. The largest absolute Gasteiger partial charge is 0.462 e. The van der Waals surface area contributed by atoms with Crippen molar-refractivity contribution in [2.45, 2.75) is 84.4 Å². The number of nitrogens with zero attached hydrogens (tertiary/aromatic N) is 2. The third kappa shape index (κ3) is 5.09. The molecule has 0 N–H and O–H groups in total. The van der Waals surface area contributed by atoms with E-state index in [9.17, 15) is 14.4 Å². The summed E-state index contributed by atoms with van der Waals surface area (Å²) in [5.74, 6) is -1.19. The van der Waals surface area contributed by atoms with Gasteiger partial charge in [0.2, 0.25) is 5.43 Å². The summed E-state index contributed by atoms with van der Waals surface area (Å²) >= 11 is 1.54. The first-order valence-electron chi connectivity index (χ1n) is 13.5. The fourth-order valence-corrected chi connectivity index (χ4v) is 6.86. The fourth-order valence-electron chi connectivity index (χ4n) is 5.50. The van der Waals surface area contributed by atoms with Crippen LogP contribution >= 0.6 is 11.3 Å². The first-order valence-corrected chi connectivity index (χ1v) is 14.4. The van der Waals surface area contributed by atoms with Gasteiger partial charge in [0.15, 0.2) is 0 Å². The molecule has 1 fully saturated rings. The standard InChI is InChI=1S/C30H35FN2O5S/c1-7-37-28(35)20-15-33(17-11-12-17)26-16(2)25(21(31)13-19(26)27(20)34)24-14-18-22(9-8-10-23(18)39-24)32(6)29(36)38-30(3,4)5/h13-15,17,22H,7-12H2,1-6H3. The Morgan fingerprint density at radius 1 is 1.21 bits per heavy atom. The first kappa shape index (κ1) is 27.4. The molecule has 0 spiro atoms. The van der Waals surface area contributed by atoms with E-state index < -0.39 is 22.8 Å². The second kappa shape index (κ2) is 10.1. The zero-order chi connectivity index (χ0) is 28.2. The van der Waals surface area contributed by atoms with Gasteiger partial charge in [0.25, 0.3) is 0 Å². The number of hydrogen-bond donors (Lipinski definition) is 0. The van der Waals surface area contributed by atoms with Crippen LogP contribution in [0.3, 0.4) is 0 Å². The normalized spacial score (nSPS) is 17.2. The van der Waals surface area contributed by atoms with E-state index in [1.165, 1.54) is 17.4 Å². The molecule has 1 atom stereocenters. The summed E-state index contributed by atoms with van der Waals surface area (Å²) in [7, 11) is 1.75. The zero-order valence-corrected chi connectivity index (χ0v) is 24.2. The molecule has 7 nitrogen and oxygen atoms in total. The van der Waals surface area contributed by atoms with Crippen molar-refractivity contribution in [3.8, 4) is 10.4 Å². The Morgan fingerprint density at radius 2 is 1.92 bits per heavy atom. The minimum Gasteiger partial charge on any atom is -0.462 e. The molecule has 0 bridgehead atoms. The highest BCUT2D eigenvalue weighted by atomic mass is 32.1. The summed E-state index contributed by atoms with van der Waals surface area (Å²) in [6, 6.07) is 3.26. The number of halogens is 1. The van der Waals surface area contributed by atoms with Crippen molar-refractivity contribution in [3.63, 3.8) is 0 Å². The number of esters is 1. The topological polar surface area (TPSA) is 77.8 Å². The van der Waals surface area contributed by atoms with E-state index in [1.807, 2.05) is 38.3 Å². The van der Waals surface area contributed by atoms with E-state index in [0.29, 0.717) is 16.6 Å². The number of hydrogen-bond acceptors (Lipinski definition) is 6. The third-order valence-electron chi connectivity index (χ3n) is 7.42. The van der Waals surface area contributed by atoms with Crippen LogP contribution in [-0.4, -0.2) is 40.8 Å². The zero-order valence-electron chi connectivity index (χ0n) is 23.4. The van der Waals surface area contributed by atoms with Gasteiger partial charge in [0.1, 0.15) is 17.0 Å². The Bertz CT molecular complexity index is 1530. The molecule has 1 unspecified atom stereocenters. The highest BCUT2D eigenvalue weighted by Crippen LogP contribution is 2.45. The number of amides is 1. The van der Waals surface area contributed by atoms with Crippen LogP contribution in [0.2, 0.25) is 0 Å². The average Bonchev–Trinajstić information content (AvgIpc) is 3.61. The molecular formula is C30H35FN2O5S. The molecule has 9 heteroatoms. The van der Waals surface area contributed by atoms with Crippen LogP contribution in [0, 0.1) is 12.7 Å².